The minimum absolute atomic E-state index is 0.230. The molecule has 6 nitrogen and oxygen atoms in total. The highest BCUT2D eigenvalue weighted by atomic mass is 16.4. The Morgan fingerprint density at radius 1 is 1.08 bits per heavy atom. The Morgan fingerprint density at radius 2 is 1.83 bits per heavy atom. The lowest BCUT2D eigenvalue weighted by molar-refractivity contribution is 0.0698. The van der Waals surface area contributed by atoms with E-state index in [0.717, 1.165) is 28.1 Å². The number of nitrogens with zero attached hydrogens (tertiary/aromatic N) is 3. The van der Waals surface area contributed by atoms with Crippen molar-refractivity contribution in [3.8, 4) is 11.3 Å². The molecule has 1 aromatic carbocycles. The van der Waals surface area contributed by atoms with Crippen LogP contribution in [0.2, 0.25) is 0 Å². The predicted molar refractivity (Wildman–Crippen MR) is 91.4 cm³/mol. The van der Waals surface area contributed by atoms with Crippen molar-refractivity contribution in [3.05, 3.63) is 65.9 Å². The number of carboxylic acid groups (broad SMARTS) is 1. The second kappa shape index (κ2) is 6.45. The zero-order valence-corrected chi connectivity index (χ0v) is 13.3. The van der Waals surface area contributed by atoms with Gasteiger partial charge in [0.25, 0.3) is 0 Å². The quantitative estimate of drug-likeness (QED) is 0.763. The van der Waals surface area contributed by atoms with Gasteiger partial charge in [-0.25, -0.2) is 14.8 Å². The lowest BCUT2D eigenvalue weighted by atomic mass is 10.1. The van der Waals surface area contributed by atoms with Crippen LogP contribution in [0.5, 0.6) is 0 Å². The molecule has 0 fully saturated rings. The Kier molecular flexibility index (Phi) is 4.20. The fourth-order valence-corrected chi connectivity index (χ4v) is 2.47. The third kappa shape index (κ3) is 3.22. The third-order valence-electron chi connectivity index (χ3n) is 3.60. The van der Waals surface area contributed by atoms with E-state index in [4.69, 9.17) is 0 Å². The average molecular weight is 320 g/mol. The molecule has 0 amide bonds. The molecule has 0 spiro atoms. The van der Waals surface area contributed by atoms with E-state index in [1.54, 1.807) is 30.7 Å². The van der Waals surface area contributed by atoms with E-state index in [1.807, 2.05) is 26.0 Å². The van der Waals surface area contributed by atoms with Crippen molar-refractivity contribution in [1.29, 1.82) is 0 Å². The molecule has 0 aliphatic carbocycles. The van der Waals surface area contributed by atoms with Crippen LogP contribution in [0.1, 0.15) is 21.5 Å². The van der Waals surface area contributed by atoms with Crippen molar-refractivity contribution in [2.24, 2.45) is 0 Å². The SMILES string of the molecule is Cc1ccc(Nc2cnc(-c3cncnc3)c(C)c2)c(C(=O)O)c1. The number of anilines is 2. The number of benzene rings is 1. The van der Waals surface area contributed by atoms with Crippen LogP contribution < -0.4 is 5.32 Å². The molecule has 0 aliphatic rings. The fourth-order valence-electron chi connectivity index (χ4n) is 2.47. The summed E-state index contributed by atoms with van der Waals surface area (Å²) in [6.45, 7) is 3.80. The molecule has 0 aliphatic heterocycles. The summed E-state index contributed by atoms with van der Waals surface area (Å²) in [5.74, 6) is -0.969. The first-order valence-corrected chi connectivity index (χ1v) is 7.37. The van der Waals surface area contributed by atoms with Crippen LogP contribution in [0.4, 0.5) is 11.4 Å². The van der Waals surface area contributed by atoms with Gasteiger partial charge in [-0.05, 0) is 37.6 Å². The number of aryl methyl sites for hydroxylation is 2. The van der Waals surface area contributed by atoms with E-state index >= 15 is 0 Å². The highest BCUT2D eigenvalue weighted by molar-refractivity contribution is 5.95. The molecule has 2 aromatic heterocycles. The molecule has 3 rings (SSSR count). The van der Waals surface area contributed by atoms with Crippen LogP contribution in [0.3, 0.4) is 0 Å². The van der Waals surface area contributed by atoms with Gasteiger partial charge in [0.05, 0.1) is 28.8 Å². The number of rotatable bonds is 4. The molecule has 2 N–H and O–H groups in total. The number of aromatic nitrogens is 3. The molecule has 6 heteroatoms. The Hall–Kier alpha value is -3.28. The van der Waals surface area contributed by atoms with Gasteiger partial charge < -0.3 is 10.4 Å². The Labute approximate surface area is 139 Å². The van der Waals surface area contributed by atoms with Crippen LogP contribution in [0, 0.1) is 13.8 Å². The number of carboxylic acids is 1. The summed E-state index contributed by atoms with van der Waals surface area (Å²) in [5.41, 5.74) is 4.95. The summed E-state index contributed by atoms with van der Waals surface area (Å²) in [7, 11) is 0. The number of aromatic carboxylic acids is 1. The summed E-state index contributed by atoms with van der Waals surface area (Å²) < 4.78 is 0. The van der Waals surface area contributed by atoms with E-state index in [-0.39, 0.29) is 5.56 Å². The number of hydrogen-bond acceptors (Lipinski definition) is 5. The summed E-state index contributed by atoms with van der Waals surface area (Å²) in [5, 5.41) is 12.5. The first kappa shape index (κ1) is 15.6. The van der Waals surface area contributed by atoms with E-state index in [1.165, 1.54) is 6.33 Å². The number of nitrogens with one attached hydrogen (secondary N) is 1. The van der Waals surface area contributed by atoms with Gasteiger partial charge in [0, 0.05) is 18.0 Å². The topological polar surface area (TPSA) is 88.0 Å². The van der Waals surface area contributed by atoms with E-state index < -0.39 is 5.97 Å². The molecule has 2 heterocycles. The van der Waals surface area contributed by atoms with Gasteiger partial charge in [-0.1, -0.05) is 11.6 Å². The summed E-state index contributed by atoms with van der Waals surface area (Å²) in [4.78, 5) is 23.8. The van der Waals surface area contributed by atoms with Gasteiger partial charge in [0.15, 0.2) is 0 Å². The zero-order valence-electron chi connectivity index (χ0n) is 13.3. The Balaban J connectivity index is 1.93. The van der Waals surface area contributed by atoms with Gasteiger partial charge in [0.1, 0.15) is 6.33 Å². The molecule has 120 valence electrons. The van der Waals surface area contributed by atoms with E-state index in [2.05, 4.69) is 20.3 Å². The van der Waals surface area contributed by atoms with Crippen molar-refractivity contribution < 1.29 is 9.90 Å². The molecule has 0 saturated carbocycles. The first-order valence-electron chi connectivity index (χ1n) is 7.37. The maximum absolute atomic E-state index is 11.4. The van der Waals surface area contributed by atoms with Gasteiger partial charge >= 0.3 is 5.97 Å². The summed E-state index contributed by atoms with van der Waals surface area (Å²) >= 11 is 0. The maximum atomic E-state index is 11.4. The van der Waals surface area contributed by atoms with Crippen LogP contribution in [0.25, 0.3) is 11.3 Å². The van der Waals surface area contributed by atoms with Crippen LogP contribution in [-0.2, 0) is 0 Å². The van der Waals surface area contributed by atoms with Crippen molar-refractivity contribution in [2.75, 3.05) is 5.32 Å². The van der Waals surface area contributed by atoms with Crippen LogP contribution in [-0.4, -0.2) is 26.0 Å². The minimum atomic E-state index is -0.969. The fraction of sp³-hybridized carbons (Fsp3) is 0.111. The molecule has 3 aromatic rings. The monoisotopic (exact) mass is 320 g/mol. The number of carbonyl (C=O) groups is 1. The van der Waals surface area contributed by atoms with Crippen molar-refractivity contribution >= 4 is 17.3 Å². The molecule has 0 radical (unpaired) electrons. The molecular formula is C18H16N4O2. The maximum Gasteiger partial charge on any atom is 0.337 e. The number of hydrogen-bond donors (Lipinski definition) is 2. The van der Waals surface area contributed by atoms with Crippen LogP contribution >= 0.6 is 0 Å². The highest BCUT2D eigenvalue weighted by Crippen LogP contribution is 2.26. The minimum Gasteiger partial charge on any atom is -0.478 e. The van der Waals surface area contributed by atoms with Crippen molar-refractivity contribution in [3.63, 3.8) is 0 Å². The normalized spacial score (nSPS) is 10.4. The van der Waals surface area contributed by atoms with Crippen molar-refractivity contribution in [1.82, 2.24) is 15.0 Å². The lowest BCUT2D eigenvalue weighted by Crippen LogP contribution is -2.04. The van der Waals surface area contributed by atoms with Gasteiger partial charge in [-0.2, -0.15) is 0 Å². The van der Waals surface area contributed by atoms with E-state index in [9.17, 15) is 9.90 Å². The highest BCUT2D eigenvalue weighted by Gasteiger charge is 2.11. The number of pyridine rings is 1. The third-order valence-corrected chi connectivity index (χ3v) is 3.60. The van der Waals surface area contributed by atoms with E-state index in [0.29, 0.717) is 5.69 Å². The largest absolute Gasteiger partial charge is 0.478 e. The first-order chi connectivity index (χ1) is 11.5. The predicted octanol–water partition coefficient (Wildman–Crippen LogP) is 3.60. The summed E-state index contributed by atoms with van der Waals surface area (Å²) in [6.07, 6.45) is 6.55. The van der Waals surface area contributed by atoms with Gasteiger partial charge in [-0.15, -0.1) is 0 Å². The Bertz CT molecular complexity index is 895. The average Bonchev–Trinajstić information content (AvgIpc) is 2.57. The molecular weight excluding hydrogens is 304 g/mol. The molecule has 24 heavy (non-hydrogen) atoms. The second-order valence-electron chi connectivity index (χ2n) is 5.50. The molecule has 0 bridgehead atoms. The summed E-state index contributed by atoms with van der Waals surface area (Å²) in [6, 6.07) is 7.18. The lowest BCUT2D eigenvalue weighted by Gasteiger charge is -2.12. The van der Waals surface area contributed by atoms with Gasteiger partial charge in [-0.3, -0.25) is 4.98 Å². The van der Waals surface area contributed by atoms with Crippen molar-refractivity contribution in [2.45, 2.75) is 13.8 Å². The molecule has 0 saturated heterocycles. The van der Waals surface area contributed by atoms with Gasteiger partial charge in [0.2, 0.25) is 0 Å². The standard InChI is InChI=1S/C18H16N4O2/c1-11-3-4-16(15(5-11)18(23)24)22-14-6-12(2)17(21-9-14)13-7-19-10-20-8-13/h3-10,22H,1-2H3,(H,23,24). The molecule has 0 atom stereocenters. The zero-order chi connectivity index (χ0) is 17.1. The molecule has 0 unspecified atom stereocenters. The van der Waals surface area contributed by atoms with Crippen LogP contribution in [0.15, 0.2) is 49.2 Å². The Morgan fingerprint density at radius 3 is 2.50 bits per heavy atom. The smallest absolute Gasteiger partial charge is 0.337 e. The second-order valence-corrected chi connectivity index (χ2v) is 5.50.